The predicted molar refractivity (Wildman–Crippen MR) is 136 cm³/mol. The molecule has 2 aromatic rings. The minimum absolute atomic E-state index is 0.00787. The molecule has 0 saturated heterocycles. The summed E-state index contributed by atoms with van der Waals surface area (Å²) in [6.07, 6.45) is 9.71. The van der Waals surface area contributed by atoms with Crippen molar-refractivity contribution in [1.82, 2.24) is 10.2 Å². The Morgan fingerprint density at radius 2 is 1.76 bits per heavy atom. The van der Waals surface area contributed by atoms with Crippen molar-refractivity contribution < 1.29 is 20.1 Å². The van der Waals surface area contributed by atoms with E-state index in [-0.39, 0.29) is 11.5 Å². The van der Waals surface area contributed by atoms with Gasteiger partial charge < -0.3 is 25.5 Å². The Labute approximate surface area is 203 Å². The van der Waals surface area contributed by atoms with Crippen LogP contribution in [0.2, 0.25) is 0 Å². The van der Waals surface area contributed by atoms with Crippen molar-refractivity contribution in [3.63, 3.8) is 0 Å². The third kappa shape index (κ3) is 7.47. The van der Waals surface area contributed by atoms with Crippen LogP contribution in [0.1, 0.15) is 72.5 Å². The first kappa shape index (κ1) is 26.0. The molecule has 0 saturated carbocycles. The number of aromatic hydroxyl groups is 2. The summed E-state index contributed by atoms with van der Waals surface area (Å²) in [7, 11) is 0. The number of fused-ring (bicyclic) bond motifs is 1. The van der Waals surface area contributed by atoms with E-state index in [4.69, 9.17) is 5.11 Å². The average molecular weight is 469 g/mol. The fourth-order valence-corrected chi connectivity index (χ4v) is 4.97. The number of nitrogens with zero attached hydrogens (tertiary/aromatic N) is 1. The number of nitrogens with one attached hydrogen (secondary N) is 1. The zero-order valence-corrected chi connectivity index (χ0v) is 20.4. The Morgan fingerprint density at radius 3 is 2.50 bits per heavy atom. The standard InChI is InChI=1S/C28H40N2O4/c1-2-18-30(24-12-13-25-23(20-24)11-14-26(31)27(25)32)19-6-4-3-5-16-29-17-15-21-7-9-22(10-8-21)28(33)34/h7-11,14,24,29,31-32H,2-6,12-13,15-20H2,1H3,(H,33,34)/t24-/m0/s1. The average Bonchev–Trinajstić information content (AvgIpc) is 2.84. The number of unbranched alkanes of at least 4 members (excludes halogenated alkanes) is 3. The Hall–Kier alpha value is -2.57. The normalized spacial score (nSPS) is 15.4. The second-order valence-electron chi connectivity index (χ2n) is 9.42. The van der Waals surface area contributed by atoms with E-state index in [1.54, 1.807) is 18.2 Å². The molecule has 6 heteroatoms. The van der Waals surface area contributed by atoms with Gasteiger partial charge in [-0.2, -0.15) is 0 Å². The second-order valence-corrected chi connectivity index (χ2v) is 9.42. The maximum atomic E-state index is 10.9. The lowest BCUT2D eigenvalue weighted by Gasteiger charge is -2.35. The van der Waals surface area contributed by atoms with Gasteiger partial charge in [-0.15, -0.1) is 0 Å². The van der Waals surface area contributed by atoms with Crippen molar-refractivity contribution in [2.45, 2.75) is 70.8 Å². The predicted octanol–water partition coefficient (Wildman–Crippen LogP) is 4.76. The fraction of sp³-hybridized carbons (Fsp3) is 0.536. The minimum atomic E-state index is -0.881. The molecule has 0 spiro atoms. The van der Waals surface area contributed by atoms with Crippen LogP contribution in [0.25, 0.3) is 0 Å². The number of phenolic OH excluding ortho intramolecular Hbond substituents is 2. The van der Waals surface area contributed by atoms with Crippen molar-refractivity contribution in [3.8, 4) is 11.5 Å². The Morgan fingerprint density at radius 1 is 1.00 bits per heavy atom. The van der Waals surface area contributed by atoms with Gasteiger partial charge in [-0.05, 0) is 100 Å². The lowest BCUT2D eigenvalue weighted by molar-refractivity contribution is 0.0697. The molecule has 0 aromatic heterocycles. The first-order valence-corrected chi connectivity index (χ1v) is 12.8. The number of hydrogen-bond acceptors (Lipinski definition) is 5. The van der Waals surface area contributed by atoms with Gasteiger partial charge in [-0.1, -0.05) is 38.0 Å². The van der Waals surface area contributed by atoms with Crippen molar-refractivity contribution in [2.24, 2.45) is 0 Å². The number of aromatic carboxylic acids is 1. The molecular formula is C28H40N2O4. The summed E-state index contributed by atoms with van der Waals surface area (Å²) in [5.41, 5.74) is 3.60. The molecule has 0 fully saturated rings. The summed E-state index contributed by atoms with van der Waals surface area (Å²) in [5, 5.41) is 32.4. The molecule has 186 valence electrons. The molecule has 0 amide bonds. The van der Waals surface area contributed by atoms with E-state index in [9.17, 15) is 15.0 Å². The van der Waals surface area contributed by atoms with Crippen LogP contribution in [-0.2, 0) is 19.3 Å². The Balaban J connectivity index is 1.29. The van der Waals surface area contributed by atoms with E-state index >= 15 is 0 Å². The summed E-state index contributed by atoms with van der Waals surface area (Å²) >= 11 is 0. The van der Waals surface area contributed by atoms with Gasteiger partial charge in [0.1, 0.15) is 0 Å². The molecule has 1 aliphatic rings. The van der Waals surface area contributed by atoms with Gasteiger partial charge >= 0.3 is 5.97 Å². The number of benzene rings is 2. The first-order chi connectivity index (χ1) is 16.5. The van der Waals surface area contributed by atoms with Crippen LogP contribution in [0.15, 0.2) is 36.4 Å². The lowest BCUT2D eigenvalue weighted by Crippen LogP contribution is -2.40. The zero-order valence-electron chi connectivity index (χ0n) is 20.4. The van der Waals surface area contributed by atoms with E-state index in [0.29, 0.717) is 11.6 Å². The van der Waals surface area contributed by atoms with Gasteiger partial charge in [0, 0.05) is 11.6 Å². The van der Waals surface area contributed by atoms with Crippen LogP contribution in [0.3, 0.4) is 0 Å². The van der Waals surface area contributed by atoms with Gasteiger partial charge in [0.25, 0.3) is 0 Å². The van der Waals surface area contributed by atoms with Gasteiger partial charge in [0.2, 0.25) is 0 Å². The summed E-state index contributed by atoms with van der Waals surface area (Å²) in [6.45, 7) is 6.39. The minimum Gasteiger partial charge on any atom is -0.504 e. The number of carbonyl (C=O) groups is 1. The van der Waals surface area contributed by atoms with Gasteiger partial charge in [0.15, 0.2) is 11.5 Å². The molecule has 1 aliphatic carbocycles. The molecule has 0 bridgehead atoms. The highest BCUT2D eigenvalue weighted by Gasteiger charge is 2.26. The molecule has 0 unspecified atom stereocenters. The largest absolute Gasteiger partial charge is 0.504 e. The molecular weight excluding hydrogens is 428 g/mol. The maximum absolute atomic E-state index is 10.9. The van der Waals surface area contributed by atoms with Gasteiger partial charge in [0.05, 0.1) is 5.56 Å². The number of carboxylic acids is 1. The summed E-state index contributed by atoms with van der Waals surface area (Å²) in [6, 6.07) is 11.2. The van der Waals surface area contributed by atoms with Crippen molar-refractivity contribution >= 4 is 5.97 Å². The number of phenols is 2. The Kier molecular flexibility index (Phi) is 10.2. The monoisotopic (exact) mass is 468 g/mol. The topological polar surface area (TPSA) is 93.0 Å². The van der Waals surface area contributed by atoms with E-state index in [2.05, 4.69) is 17.1 Å². The van der Waals surface area contributed by atoms with E-state index in [1.807, 2.05) is 18.2 Å². The fourth-order valence-electron chi connectivity index (χ4n) is 4.97. The van der Waals surface area contributed by atoms with Crippen molar-refractivity contribution in [2.75, 3.05) is 26.2 Å². The summed E-state index contributed by atoms with van der Waals surface area (Å²) in [4.78, 5) is 13.5. The van der Waals surface area contributed by atoms with Crippen LogP contribution in [0.4, 0.5) is 0 Å². The molecule has 2 aromatic carbocycles. The van der Waals surface area contributed by atoms with Crippen LogP contribution in [0.5, 0.6) is 11.5 Å². The van der Waals surface area contributed by atoms with Gasteiger partial charge in [-0.3, -0.25) is 0 Å². The third-order valence-corrected chi connectivity index (χ3v) is 6.91. The van der Waals surface area contributed by atoms with Crippen molar-refractivity contribution in [1.29, 1.82) is 0 Å². The van der Waals surface area contributed by atoms with Crippen LogP contribution < -0.4 is 5.32 Å². The molecule has 0 radical (unpaired) electrons. The zero-order chi connectivity index (χ0) is 24.3. The number of hydrogen-bond donors (Lipinski definition) is 4. The quantitative estimate of drug-likeness (QED) is 0.236. The van der Waals surface area contributed by atoms with Crippen LogP contribution in [0, 0.1) is 0 Å². The van der Waals surface area contributed by atoms with E-state index in [1.165, 1.54) is 31.2 Å². The van der Waals surface area contributed by atoms with Crippen molar-refractivity contribution in [3.05, 3.63) is 58.7 Å². The third-order valence-electron chi connectivity index (χ3n) is 6.91. The van der Waals surface area contributed by atoms with E-state index in [0.717, 1.165) is 69.4 Å². The summed E-state index contributed by atoms with van der Waals surface area (Å²) in [5.74, 6) is -0.817. The number of rotatable bonds is 14. The lowest BCUT2D eigenvalue weighted by atomic mass is 9.86. The van der Waals surface area contributed by atoms with Gasteiger partial charge in [-0.25, -0.2) is 4.79 Å². The smallest absolute Gasteiger partial charge is 0.335 e. The Bertz CT molecular complexity index is 913. The first-order valence-electron chi connectivity index (χ1n) is 12.8. The summed E-state index contributed by atoms with van der Waals surface area (Å²) < 4.78 is 0. The second kappa shape index (κ2) is 13.4. The molecule has 1 atom stereocenters. The van der Waals surface area contributed by atoms with Crippen LogP contribution >= 0.6 is 0 Å². The molecule has 34 heavy (non-hydrogen) atoms. The molecule has 0 heterocycles. The number of carboxylic acid groups (broad SMARTS) is 1. The molecule has 6 nitrogen and oxygen atoms in total. The molecule has 0 aliphatic heterocycles. The highest BCUT2D eigenvalue weighted by molar-refractivity contribution is 5.87. The highest BCUT2D eigenvalue weighted by Crippen LogP contribution is 2.36. The highest BCUT2D eigenvalue weighted by atomic mass is 16.4. The SMILES string of the molecule is CCCN(CCCCCCNCCc1ccc(C(=O)O)cc1)[C@H]1CCc2c(ccc(O)c2O)C1. The molecule has 4 N–H and O–H groups in total. The van der Waals surface area contributed by atoms with E-state index < -0.39 is 5.97 Å². The maximum Gasteiger partial charge on any atom is 0.335 e. The van der Waals surface area contributed by atoms with Crippen LogP contribution in [-0.4, -0.2) is 58.4 Å². The molecule has 3 rings (SSSR count).